The molecule has 0 aliphatic carbocycles. The normalized spacial score (nSPS) is 10.5. The molecule has 0 aliphatic heterocycles. The Labute approximate surface area is 117 Å². The number of thiophene rings is 1. The Bertz CT molecular complexity index is 515. The minimum absolute atomic E-state index is 0.418. The second-order valence-electron chi connectivity index (χ2n) is 3.44. The zero-order valence-corrected chi connectivity index (χ0v) is 12.1. The first-order chi connectivity index (χ1) is 8.20. The monoisotopic (exact) mass is 331 g/mol. The zero-order valence-electron chi connectivity index (χ0n) is 8.95. The average Bonchev–Trinajstić information content (AvgIpc) is 2.73. The van der Waals surface area contributed by atoms with E-state index in [1.165, 1.54) is 0 Å². The lowest BCUT2D eigenvalue weighted by Gasteiger charge is -2.10. The summed E-state index contributed by atoms with van der Waals surface area (Å²) in [5.74, 6) is 0.789. The molecule has 0 saturated carbocycles. The maximum absolute atomic E-state index is 5.90. The first-order valence-corrected chi connectivity index (χ1v) is 7.09. The van der Waals surface area contributed by atoms with E-state index in [0.717, 1.165) is 20.7 Å². The van der Waals surface area contributed by atoms with E-state index in [2.05, 4.69) is 15.9 Å². The van der Waals surface area contributed by atoms with Crippen LogP contribution in [0.25, 0.3) is 0 Å². The van der Waals surface area contributed by atoms with Crippen molar-refractivity contribution in [1.82, 2.24) is 0 Å². The predicted molar refractivity (Wildman–Crippen MR) is 75.7 cm³/mol. The molecule has 0 amide bonds. The standard InChI is InChI=1S/C12H11BrClNOS/c13-10-3-4-17-12(10)7-16-11-2-1-9(14)5-8(11)6-15/h1-5H,6-7,15H2. The molecule has 2 rings (SSSR count). The van der Waals surface area contributed by atoms with Crippen LogP contribution in [0.15, 0.2) is 34.1 Å². The molecule has 2 nitrogen and oxygen atoms in total. The lowest BCUT2D eigenvalue weighted by Crippen LogP contribution is -2.02. The van der Waals surface area contributed by atoms with Crippen molar-refractivity contribution in [1.29, 1.82) is 0 Å². The van der Waals surface area contributed by atoms with E-state index in [1.54, 1.807) is 17.4 Å². The van der Waals surface area contributed by atoms with Gasteiger partial charge in [0.15, 0.2) is 0 Å². The highest BCUT2D eigenvalue weighted by Gasteiger charge is 2.06. The van der Waals surface area contributed by atoms with Gasteiger partial charge in [-0.1, -0.05) is 11.6 Å². The van der Waals surface area contributed by atoms with Crippen LogP contribution < -0.4 is 10.5 Å². The molecule has 0 radical (unpaired) electrons. The van der Waals surface area contributed by atoms with Crippen molar-refractivity contribution in [2.75, 3.05) is 0 Å². The summed E-state index contributed by atoms with van der Waals surface area (Å²) in [6.07, 6.45) is 0. The van der Waals surface area contributed by atoms with Crippen LogP contribution >= 0.6 is 38.9 Å². The van der Waals surface area contributed by atoms with Gasteiger partial charge in [0.05, 0.1) is 4.88 Å². The largest absolute Gasteiger partial charge is 0.488 e. The molecule has 90 valence electrons. The number of hydrogen-bond acceptors (Lipinski definition) is 3. The first kappa shape index (κ1) is 12.9. The van der Waals surface area contributed by atoms with Crippen LogP contribution in [0.4, 0.5) is 0 Å². The van der Waals surface area contributed by atoms with Crippen molar-refractivity contribution in [3.05, 3.63) is 49.6 Å². The van der Waals surface area contributed by atoms with Gasteiger partial charge in [0, 0.05) is 21.6 Å². The van der Waals surface area contributed by atoms with Crippen LogP contribution in [0.2, 0.25) is 5.02 Å². The predicted octanol–water partition coefficient (Wildman–Crippen LogP) is 4.20. The maximum Gasteiger partial charge on any atom is 0.124 e. The fraction of sp³-hybridized carbons (Fsp3) is 0.167. The fourth-order valence-corrected chi connectivity index (χ4v) is 2.99. The zero-order chi connectivity index (χ0) is 12.3. The maximum atomic E-state index is 5.90. The molecule has 2 N–H and O–H groups in total. The summed E-state index contributed by atoms with van der Waals surface area (Å²) in [6.45, 7) is 0.953. The molecule has 0 atom stereocenters. The van der Waals surface area contributed by atoms with Crippen LogP contribution in [0.5, 0.6) is 5.75 Å². The molecule has 0 spiro atoms. The first-order valence-electron chi connectivity index (χ1n) is 5.04. The molecule has 0 saturated heterocycles. The highest BCUT2D eigenvalue weighted by Crippen LogP contribution is 2.27. The van der Waals surface area contributed by atoms with Crippen molar-refractivity contribution in [2.45, 2.75) is 13.2 Å². The molecule has 0 aliphatic rings. The van der Waals surface area contributed by atoms with Crippen molar-refractivity contribution >= 4 is 38.9 Å². The Morgan fingerprint density at radius 1 is 1.35 bits per heavy atom. The lowest BCUT2D eigenvalue weighted by atomic mass is 10.2. The molecule has 0 fully saturated rings. The summed E-state index contributed by atoms with van der Waals surface area (Å²) in [4.78, 5) is 1.16. The number of hydrogen-bond donors (Lipinski definition) is 1. The van der Waals surface area contributed by atoms with Crippen molar-refractivity contribution < 1.29 is 4.74 Å². The molecule has 1 heterocycles. The summed E-state index contributed by atoms with van der Waals surface area (Å²) >= 11 is 11.0. The Morgan fingerprint density at radius 3 is 2.82 bits per heavy atom. The van der Waals surface area contributed by atoms with Gasteiger partial charge in [0.1, 0.15) is 12.4 Å². The molecular weight excluding hydrogens is 322 g/mol. The number of nitrogens with two attached hydrogens (primary N) is 1. The van der Waals surface area contributed by atoms with E-state index in [0.29, 0.717) is 18.2 Å². The smallest absolute Gasteiger partial charge is 0.124 e. The Kier molecular flexibility index (Phi) is 4.45. The molecular formula is C12H11BrClNOS. The van der Waals surface area contributed by atoms with Crippen LogP contribution in [0.3, 0.4) is 0 Å². The number of ether oxygens (including phenoxy) is 1. The summed E-state index contributed by atoms with van der Waals surface area (Å²) in [5.41, 5.74) is 6.57. The van der Waals surface area contributed by atoms with E-state index in [9.17, 15) is 0 Å². The molecule has 0 unspecified atom stereocenters. The quantitative estimate of drug-likeness (QED) is 0.910. The van der Waals surface area contributed by atoms with Gasteiger partial charge in [0.2, 0.25) is 0 Å². The fourth-order valence-electron chi connectivity index (χ4n) is 1.42. The van der Waals surface area contributed by atoms with Gasteiger partial charge in [-0.25, -0.2) is 0 Å². The molecule has 5 heteroatoms. The van der Waals surface area contributed by atoms with Gasteiger partial charge in [-0.05, 0) is 45.6 Å². The second-order valence-corrected chi connectivity index (χ2v) is 5.73. The van der Waals surface area contributed by atoms with Gasteiger partial charge in [-0.15, -0.1) is 11.3 Å². The summed E-state index contributed by atoms with van der Waals surface area (Å²) < 4.78 is 6.82. The Balaban J connectivity index is 2.11. The summed E-state index contributed by atoms with van der Waals surface area (Å²) in [5, 5.41) is 2.70. The van der Waals surface area contributed by atoms with Crippen molar-refractivity contribution in [3.63, 3.8) is 0 Å². The van der Waals surface area contributed by atoms with E-state index in [-0.39, 0.29) is 0 Å². The molecule has 17 heavy (non-hydrogen) atoms. The number of halogens is 2. The third-order valence-corrected chi connectivity index (χ3v) is 4.43. The van der Waals surface area contributed by atoms with Gasteiger partial charge in [-0.2, -0.15) is 0 Å². The van der Waals surface area contributed by atoms with Crippen LogP contribution in [0.1, 0.15) is 10.4 Å². The number of rotatable bonds is 4. The highest BCUT2D eigenvalue weighted by molar-refractivity contribution is 9.10. The minimum atomic E-state index is 0.418. The summed E-state index contributed by atoms with van der Waals surface area (Å²) in [7, 11) is 0. The van der Waals surface area contributed by atoms with Gasteiger partial charge in [-0.3, -0.25) is 0 Å². The van der Waals surface area contributed by atoms with Crippen LogP contribution in [-0.2, 0) is 13.2 Å². The molecule has 1 aromatic carbocycles. The van der Waals surface area contributed by atoms with Gasteiger partial charge in [0.25, 0.3) is 0 Å². The average molecular weight is 333 g/mol. The Morgan fingerprint density at radius 2 is 2.18 bits per heavy atom. The Hall–Kier alpha value is -0.550. The highest BCUT2D eigenvalue weighted by atomic mass is 79.9. The van der Waals surface area contributed by atoms with Gasteiger partial charge < -0.3 is 10.5 Å². The topological polar surface area (TPSA) is 35.2 Å². The van der Waals surface area contributed by atoms with E-state index < -0.39 is 0 Å². The summed E-state index contributed by atoms with van der Waals surface area (Å²) in [6, 6.07) is 7.50. The second kappa shape index (κ2) is 5.87. The van der Waals surface area contributed by atoms with E-state index in [4.69, 9.17) is 22.1 Å². The van der Waals surface area contributed by atoms with Crippen molar-refractivity contribution in [3.8, 4) is 5.75 Å². The number of benzene rings is 1. The third-order valence-electron chi connectivity index (χ3n) is 2.29. The molecule has 0 bridgehead atoms. The van der Waals surface area contributed by atoms with Crippen LogP contribution in [-0.4, -0.2) is 0 Å². The van der Waals surface area contributed by atoms with E-state index in [1.807, 2.05) is 23.6 Å². The van der Waals surface area contributed by atoms with Gasteiger partial charge >= 0.3 is 0 Å². The lowest BCUT2D eigenvalue weighted by molar-refractivity contribution is 0.306. The van der Waals surface area contributed by atoms with E-state index >= 15 is 0 Å². The molecule has 2 aromatic rings. The van der Waals surface area contributed by atoms with Crippen molar-refractivity contribution in [2.24, 2.45) is 5.73 Å². The molecule has 1 aromatic heterocycles. The minimum Gasteiger partial charge on any atom is -0.488 e. The van der Waals surface area contributed by atoms with Crippen LogP contribution in [0, 0.1) is 0 Å². The SMILES string of the molecule is NCc1cc(Cl)ccc1OCc1sccc1Br. The third kappa shape index (κ3) is 3.22.